The molecule has 0 amide bonds. The van der Waals surface area contributed by atoms with E-state index in [4.69, 9.17) is 9.15 Å². The zero-order valence-corrected chi connectivity index (χ0v) is 16.7. The number of para-hydroxylation sites is 1. The number of methoxy groups -OCH3 is 1. The Morgan fingerprint density at radius 3 is 2.73 bits per heavy atom. The molecular weight excluding hydrogens is 385 g/mol. The van der Waals surface area contributed by atoms with E-state index < -0.39 is 0 Å². The molecule has 4 aromatic rings. The number of rotatable bonds is 7. The first-order chi connectivity index (χ1) is 14.5. The van der Waals surface area contributed by atoms with E-state index in [-0.39, 0.29) is 17.4 Å². The van der Waals surface area contributed by atoms with Crippen LogP contribution in [-0.2, 0) is 13.0 Å². The van der Waals surface area contributed by atoms with Gasteiger partial charge in [-0.3, -0.25) is 4.79 Å². The standard InChI is InChI=1S/C23H22FN3O3/c1-14-26-18(12-22(28)27-14)11-20(15-6-8-17(24)9-7-15)25-13-19-10-16-4-3-5-21(29-2)23(16)30-19/h3-10,12,20,25H,11,13H2,1-2H3,(H,26,27,28)/t20-/m0/s1. The Bertz CT molecular complexity index is 1210. The smallest absolute Gasteiger partial charge is 0.251 e. The Morgan fingerprint density at radius 1 is 1.20 bits per heavy atom. The second-order valence-corrected chi connectivity index (χ2v) is 7.10. The predicted octanol–water partition coefficient (Wildman–Crippen LogP) is 4.05. The van der Waals surface area contributed by atoms with E-state index in [0.717, 1.165) is 16.7 Å². The van der Waals surface area contributed by atoms with Gasteiger partial charge in [-0.2, -0.15) is 0 Å². The highest BCUT2D eigenvalue weighted by Crippen LogP contribution is 2.29. The van der Waals surface area contributed by atoms with Crippen molar-refractivity contribution >= 4 is 11.0 Å². The Balaban J connectivity index is 1.59. The van der Waals surface area contributed by atoms with E-state index in [9.17, 15) is 9.18 Å². The minimum absolute atomic E-state index is 0.186. The third kappa shape index (κ3) is 4.41. The summed E-state index contributed by atoms with van der Waals surface area (Å²) in [7, 11) is 1.61. The van der Waals surface area contributed by atoms with Crippen LogP contribution in [-0.4, -0.2) is 17.1 Å². The van der Waals surface area contributed by atoms with Crippen LogP contribution in [0.3, 0.4) is 0 Å². The largest absolute Gasteiger partial charge is 0.493 e. The van der Waals surface area contributed by atoms with Crippen molar-refractivity contribution in [3.05, 3.63) is 93.6 Å². The number of H-pyrrole nitrogens is 1. The lowest BCUT2D eigenvalue weighted by Crippen LogP contribution is -2.24. The summed E-state index contributed by atoms with van der Waals surface area (Å²) in [5.41, 5.74) is 2.05. The highest BCUT2D eigenvalue weighted by molar-refractivity contribution is 5.83. The van der Waals surface area contributed by atoms with Gasteiger partial charge in [-0.15, -0.1) is 0 Å². The molecule has 7 heteroatoms. The lowest BCUT2D eigenvalue weighted by Gasteiger charge is -2.18. The molecule has 0 aliphatic carbocycles. The van der Waals surface area contributed by atoms with Gasteiger partial charge in [0, 0.05) is 29.6 Å². The monoisotopic (exact) mass is 407 g/mol. The Morgan fingerprint density at radius 2 is 2.00 bits per heavy atom. The minimum atomic E-state index is -0.299. The molecule has 2 heterocycles. The second kappa shape index (κ2) is 8.51. The van der Waals surface area contributed by atoms with Crippen molar-refractivity contribution in [3.63, 3.8) is 0 Å². The number of nitrogens with one attached hydrogen (secondary N) is 2. The number of aromatic amines is 1. The first kappa shape index (κ1) is 19.8. The third-order valence-electron chi connectivity index (χ3n) is 4.90. The Kier molecular flexibility index (Phi) is 5.63. The number of aromatic nitrogens is 2. The summed E-state index contributed by atoms with van der Waals surface area (Å²) in [6.07, 6.45) is 0.472. The average Bonchev–Trinajstić information content (AvgIpc) is 3.14. The molecule has 0 saturated carbocycles. The molecule has 0 saturated heterocycles. The van der Waals surface area contributed by atoms with Crippen LogP contribution in [0.1, 0.15) is 28.9 Å². The van der Waals surface area contributed by atoms with Crippen molar-refractivity contribution in [2.45, 2.75) is 25.9 Å². The summed E-state index contributed by atoms with van der Waals surface area (Å²) in [6, 6.07) is 15.3. The van der Waals surface area contributed by atoms with Gasteiger partial charge in [-0.05, 0) is 36.8 Å². The molecule has 2 N–H and O–H groups in total. The molecule has 30 heavy (non-hydrogen) atoms. The van der Waals surface area contributed by atoms with Gasteiger partial charge in [0.1, 0.15) is 17.4 Å². The van der Waals surface area contributed by atoms with Crippen molar-refractivity contribution in [1.82, 2.24) is 15.3 Å². The maximum atomic E-state index is 13.4. The van der Waals surface area contributed by atoms with Crippen LogP contribution < -0.4 is 15.6 Å². The number of fused-ring (bicyclic) bond motifs is 1. The van der Waals surface area contributed by atoms with Crippen molar-refractivity contribution in [3.8, 4) is 5.75 Å². The molecule has 154 valence electrons. The fourth-order valence-corrected chi connectivity index (χ4v) is 3.52. The molecule has 2 aromatic heterocycles. The quantitative estimate of drug-likeness (QED) is 0.483. The van der Waals surface area contributed by atoms with Gasteiger partial charge in [0.2, 0.25) is 0 Å². The highest BCUT2D eigenvalue weighted by atomic mass is 19.1. The summed E-state index contributed by atoms with van der Waals surface area (Å²) >= 11 is 0. The normalized spacial score (nSPS) is 12.2. The summed E-state index contributed by atoms with van der Waals surface area (Å²) < 4.78 is 24.7. The molecule has 0 spiro atoms. The van der Waals surface area contributed by atoms with Crippen molar-refractivity contribution in [1.29, 1.82) is 0 Å². The van der Waals surface area contributed by atoms with Gasteiger partial charge >= 0.3 is 0 Å². The average molecular weight is 407 g/mol. The fourth-order valence-electron chi connectivity index (χ4n) is 3.52. The summed E-state index contributed by atoms with van der Waals surface area (Å²) in [6.45, 7) is 2.19. The number of nitrogens with zero attached hydrogens (tertiary/aromatic N) is 1. The number of hydrogen-bond acceptors (Lipinski definition) is 5. The van der Waals surface area contributed by atoms with Gasteiger partial charge in [-0.25, -0.2) is 9.37 Å². The summed E-state index contributed by atoms with van der Waals surface area (Å²) in [5, 5.41) is 4.40. The van der Waals surface area contributed by atoms with Crippen LogP contribution in [0.25, 0.3) is 11.0 Å². The number of ether oxygens (including phenoxy) is 1. The van der Waals surface area contributed by atoms with E-state index in [2.05, 4.69) is 15.3 Å². The van der Waals surface area contributed by atoms with Crippen LogP contribution >= 0.6 is 0 Å². The first-order valence-electron chi connectivity index (χ1n) is 9.63. The number of aryl methyl sites for hydroxylation is 1. The fraction of sp³-hybridized carbons (Fsp3) is 0.217. The highest BCUT2D eigenvalue weighted by Gasteiger charge is 2.16. The topological polar surface area (TPSA) is 80.1 Å². The summed E-state index contributed by atoms with van der Waals surface area (Å²) in [4.78, 5) is 18.9. The van der Waals surface area contributed by atoms with E-state index in [0.29, 0.717) is 35.8 Å². The van der Waals surface area contributed by atoms with Crippen LogP contribution in [0.5, 0.6) is 5.75 Å². The van der Waals surface area contributed by atoms with Crippen LogP contribution in [0, 0.1) is 12.7 Å². The molecule has 0 radical (unpaired) electrons. The molecule has 0 fully saturated rings. The number of furan rings is 1. The van der Waals surface area contributed by atoms with Crippen LogP contribution in [0.2, 0.25) is 0 Å². The zero-order valence-electron chi connectivity index (χ0n) is 16.7. The lowest BCUT2D eigenvalue weighted by atomic mass is 10.0. The molecule has 0 aliphatic rings. The lowest BCUT2D eigenvalue weighted by molar-refractivity contribution is 0.403. The van der Waals surface area contributed by atoms with Crippen LogP contribution in [0.15, 0.2) is 63.8 Å². The van der Waals surface area contributed by atoms with Crippen molar-refractivity contribution in [2.75, 3.05) is 7.11 Å². The molecule has 0 bridgehead atoms. The zero-order chi connectivity index (χ0) is 21.1. The molecular formula is C23H22FN3O3. The third-order valence-corrected chi connectivity index (χ3v) is 4.90. The molecule has 1 atom stereocenters. The van der Waals surface area contributed by atoms with Gasteiger partial charge in [0.25, 0.3) is 5.56 Å². The van der Waals surface area contributed by atoms with E-state index in [1.807, 2.05) is 24.3 Å². The maximum absolute atomic E-state index is 13.4. The minimum Gasteiger partial charge on any atom is -0.493 e. The molecule has 6 nitrogen and oxygen atoms in total. The Labute approximate surface area is 172 Å². The molecule has 0 aliphatic heterocycles. The van der Waals surface area contributed by atoms with E-state index in [1.165, 1.54) is 18.2 Å². The second-order valence-electron chi connectivity index (χ2n) is 7.10. The number of hydrogen-bond donors (Lipinski definition) is 2. The van der Waals surface area contributed by atoms with Gasteiger partial charge in [-0.1, -0.05) is 24.3 Å². The number of halogens is 1. The van der Waals surface area contributed by atoms with E-state index >= 15 is 0 Å². The number of benzene rings is 2. The van der Waals surface area contributed by atoms with Gasteiger partial charge in [0.15, 0.2) is 11.3 Å². The van der Waals surface area contributed by atoms with Gasteiger partial charge in [0.05, 0.1) is 13.7 Å². The van der Waals surface area contributed by atoms with Gasteiger partial charge < -0.3 is 19.5 Å². The van der Waals surface area contributed by atoms with Crippen molar-refractivity contribution in [2.24, 2.45) is 0 Å². The SMILES string of the molecule is COc1cccc2cc(CN[C@@H](Cc3cc(=O)[nH]c(C)n3)c3ccc(F)cc3)oc12. The maximum Gasteiger partial charge on any atom is 0.251 e. The van der Waals surface area contributed by atoms with Crippen LogP contribution in [0.4, 0.5) is 4.39 Å². The predicted molar refractivity (Wildman–Crippen MR) is 112 cm³/mol. The Hall–Kier alpha value is -3.45. The molecule has 4 rings (SSSR count). The summed E-state index contributed by atoms with van der Waals surface area (Å²) in [5.74, 6) is 1.68. The molecule has 0 unspecified atom stereocenters. The first-order valence-corrected chi connectivity index (χ1v) is 9.63. The van der Waals surface area contributed by atoms with E-state index in [1.54, 1.807) is 26.2 Å². The van der Waals surface area contributed by atoms with Crippen molar-refractivity contribution < 1.29 is 13.5 Å². The molecule has 2 aromatic carbocycles.